The van der Waals surface area contributed by atoms with E-state index in [-0.39, 0.29) is 39.9 Å². The summed E-state index contributed by atoms with van der Waals surface area (Å²) in [5.74, 6) is -1.36. The number of carboxylic acids is 1. The van der Waals surface area contributed by atoms with E-state index in [4.69, 9.17) is 4.74 Å². The van der Waals surface area contributed by atoms with Crippen LogP contribution in [0.4, 0.5) is 0 Å². The van der Waals surface area contributed by atoms with Crippen LogP contribution in [-0.2, 0) is 19.1 Å². The second-order valence-corrected chi connectivity index (χ2v) is 11.7. The van der Waals surface area contributed by atoms with Gasteiger partial charge in [0.05, 0.1) is 24.2 Å². The van der Waals surface area contributed by atoms with Crippen LogP contribution in [0.3, 0.4) is 0 Å². The molecule has 4 N–H and O–H groups in total. The van der Waals surface area contributed by atoms with Gasteiger partial charge in [0, 0.05) is 31.3 Å². The SMILES string of the molecule is CC(C)(CC(C)(C)C(=O)NCCOC(C)(C)CO)NC(=O)C(C)(C)CC(C)(C)C(=O)O.[BH]. The summed E-state index contributed by atoms with van der Waals surface area (Å²) in [6.07, 6.45) is 0.574. The van der Waals surface area contributed by atoms with Gasteiger partial charge >= 0.3 is 5.97 Å². The molecule has 0 aromatic carbocycles. The third-order valence-corrected chi connectivity index (χ3v) is 5.29. The van der Waals surface area contributed by atoms with E-state index in [1.165, 1.54) is 0 Å². The lowest BCUT2D eigenvalue weighted by molar-refractivity contribution is -0.150. The van der Waals surface area contributed by atoms with Crippen LogP contribution in [0.5, 0.6) is 0 Å². The molecule has 0 spiro atoms. The van der Waals surface area contributed by atoms with Crippen LogP contribution in [0.25, 0.3) is 0 Å². The van der Waals surface area contributed by atoms with E-state index in [0.29, 0.717) is 13.0 Å². The van der Waals surface area contributed by atoms with Crippen molar-refractivity contribution in [2.45, 2.75) is 93.2 Å². The lowest BCUT2D eigenvalue weighted by atomic mass is 9.73. The summed E-state index contributed by atoms with van der Waals surface area (Å²) in [7, 11) is 0. The van der Waals surface area contributed by atoms with Gasteiger partial charge in [-0.1, -0.05) is 27.7 Å². The number of rotatable bonds is 13. The molecule has 0 aliphatic carbocycles. The van der Waals surface area contributed by atoms with Gasteiger partial charge in [-0.3, -0.25) is 14.4 Å². The maximum atomic E-state index is 12.9. The second-order valence-electron chi connectivity index (χ2n) is 11.7. The van der Waals surface area contributed by atoms with Crippen LogP contribution in [-0.4, -0.2) is 67.3 Å². The van der Waals surface area contributed by atoms with Gasteiger partial charge < -0.3 is 25.6 Å². The van der Waals surface area contributed by atoms with Gasteiger partial charge in [0.2, 0.25) is 11.8 Å². The molecular weight excluding hydrogens is 411 g/mol. The maximum Gasteiger partial charge on any atom is 0.309 e. The zero-order valence-electron chi connectivity index (χ0n) is 21.8. The van der Waals surface area contributed by atoms with Crippen molar-refractivity contribution in [3.8, 4) is 0 Å². The molecule has 0 fully saturated rings. The average molecular weight is 456 g/mol. The minimum Gasteiger partial charge on any atom is -0.481 e. The Morgan fingerprint density at radius 1 is 0.781 bits per heavy atom. The summed E-state index contributed by atoms with van der Waals surface area (Å²) in [6, 6.07) is 0. The Morgan fingerprint density at radius 3 is 1.69 bits per heavy atom. The van der Waals surface area contributed by atoms with E-state index in [1.54, 1.807) is 41.5 Å². The average Bonchev–Trinajstić information content (AvgIpc) is 2.55. The Hall–Kier alpha value is -1.61. The smallest absolute Gasteiger partial charge is 0.309 e. The number of carboxylic acid groups (broad SMARTS) is 1. The fourth-order valence-corrected chi connectivity index (χ4v) is 3.74. The highest BCUT2D eigenvalue weighted by molar-refractivity contribution is 5.85. The fraction of sp³-hybridized carbons (Fsp3) is 0.870. The molecule has 0 aliphatic rings. The molecule has 2 radical (unpaired) electrons. The van der Waals surface area contributed by atoms with E-state index in [2.05, 4.69) is 10.6 Å². The molecule has 0 aliphatic heterocycles. The third kappa shape index (κ3) is 10.8. The Kier molecular flexibility index (Phi) is 11.7. The molecule has 0 saturated carbocycles. The summed E-state index contributed by atoms with van der Waals surface area (Å²) in [5, 5.41) is 24.4. The molecule has 0 saturated heterocycles. The van der Waals surface area contributed by atoms with Crippen LogP contribution in [0.1, 0.15) is 82.1 Å². The number of hydrogen-bond acceptors (Lipinski definition) is 5. The van der Waals surface area contributed by atoms with Crippen molar-refractivity contribution < 1.29 is 29.3 Å². The molecule has 0 rings (SSSR count). The summed E-state index contributed by atoms with van der Waals surface area (Å²) in [5.41, 5.74) is -4.01. The number of nitrogens with one attached hydrogen (secondary N) is 2. The van der Waals surface area contributed by atoms with E-state index >= 15 is 0 Å². The number of aliphatic hydroxyl groups excluding tert-OH is 1. The topological polar surface area (TPSA) is 125 Å². The van der Waals surface area contributed by atoms with E-state index in [0.717, 1.165) is 0 Å². The van der Waals surface area contributed by atoms with E-state index in [1.807, 2.05) is 27.7 Å². The van der Waals surface area contributed by atoms with Gasteiger partial charge in [0.1, 0.15) is 0 Å². The van der Waals surface area contributed by atoms with E-state index in [9.17, 15) is 24.6 Å². The molecule has 0 aromatic rings. The van der Waals surface area contributed by atoms with Gasteiger partial charge in [-0.15, -0.1) is 0 Å². The predicted molar refractivity (Wildman–Crippen MR) is 128 cm³/mol. The summed E-state index contributed by atoms with van der Waals surface area (Å²) in [4.78, 5) is 37.1. The molecular formula is C23H45BN2O6. The van der Waals surface area contributed by atoms with Crippen LogP contribution < -0.4 is 10.6 Å². The Balaban J connectivity index is 0. The van der Waals surface area contributed by atoms with Gasteiger partial charge in [0.15, 0.2) is 0 Å². The Labute approximate surface area is 195 Å². The summed E-state index contributed by atoms with van der Waals surface area (Å²) in [6.45, 7) is 18.0. The number of aliphatic hydroxyl groups is 1. The first-order chi connectivity index (χ1) is 13.7. The van der Waals surface area contributed by atoms with Crippen molar-refractivity contribution in [3.63, 3.8) is 0 Å². The third-order valence-electron chi connectivity index (χ3n) is 5.29. The van der Waals surface area contributed by atoms with Gasteiger partial charge in [0.25, 0.3) is 0 Å². The van der Waals surface area contributed by atoms with Gasteiger partial charge in [-0.25, -0.2) is 0 Å². The molecule has 0 heterocycles. The summed E-state index contributed by atoms with van der Waals surface area (Å²) >= 11 is 0. The quantitative estimate of drug-likeness (QED) is 0.248. The maximum absolute atomic E-state index is 12.9. The number of carbonyl (C=O) groups is 3. The van der Waals surface area contributed by atoms with Crippen LogP contribution in [0, 0.1) is 16.2 Å². The number of carbonyl (C=O) groups excluding carboxylic acids is 2. The highest BCUT2D eigenvalue weighted by Crippen LogP contribution is 2.35. The molecule has 0 aromatic heterocycles. The number of ether oxygens (including phenoxy) is 1. The molecule has 186 valence electrons. The first-order valence-electron chi connectivity index (χ1n) is 10.8. The summed E-state index contributed by atoms with van der Waals surface area (Å²) < 4.78 is 5.53. The first-order valence-corrected chi connectivity index (χ1v) is 10.8. The van der Waals surface area contributed by atoms with Crippen molar-refractivity contribution >= 4 is 26.2 Å². The van der Waals surface area contributed by atoms with Crippen LogP contribution in [0.2, 0.25) is 0 Å². The molecule has 32 heavy (non-hydrogen) atoms. The highest BCUT2D eigenvalue weighted by atomic mass is 16.5. The minimum absolute atomic E-state index is 0. The normalized spacial score (nSPS) is 13.2. The van der Waals surface area contributed by atoms with Crippen LogP contribution >= 0.6 is 0 Å². The second kappa shape index (κ2) is 11.5. The highest BCUT2D eigenvalue weighted by Gasteiger charge is 2.42. The Bertz CT molecular complexity index is 657. The molecule has 0 atom stereocenters. The molecule has 2 amide bonds. The first kappa shape index (κ1) is 32.6. The van der Waals surface area contributed by atoms with Gasteiger partial charge in [-0.2, -0.15) is 0 Å². The standard InChI is InChI=1S/C23H44N2O6.BH/c1-19(2,13-21(5,6)18(29)30)17(28)25-22(7,8)14-20(3,4)16(27)24-11-12-31-23(9,10)15-26;/h26H,11-15H2,1-10H3,(H,24,27)(H,25,28)(H,29,30);1H. The monoisotopic (exact) mass is 456 g/mol. The van der Waals surface area contributed by atoms with Crippen LogP contribution in [0.15, 0.2) is 0 Å². The fourth-order valence-electron chi connectivity index (χ4n) is 3.74. The number of hydrogen-bond donors (Lipinski definition) is 4. The van der Waals surface area contributed by atoms with Gasteiger partial charge in [-0.05, 0) is 54.4 Å². The van der Waals surface area contributed by atoms with Crippen molar-refractivity contribution in [3.05, 3.63) is 0 Å². The van der Waals surface area contributed by atoms with Crippen molar-refractivity contribution in [2.75, 3.05) is 19.8 Å². The zero-order valence-corrected chi connectivity index (χ0v) is 21.8. The van der Waals surface area contributed by atoms with Crippen molar-refractivity contribution in [2.24, 2.45) is 16.2 Å². The van der Waals surface area contributed by atoms with Crippen molar-refractivity contribution in [1.29, 1.82) is 0 Å². The lowest BCUT2D eigenvalue weighted by Crippen LogP contribution is -2.53. The number of aliphatic carboxylic acids is 1. The predicted octanol–water partition coefficient (Wildman–Crippen LogP) is 2.08. The Morgan fingerprint density at radius 2 is 1.25 bits per heavy atom. The molecule has 8 nitrogen and oxygen atoms in total. The molecule has 0 unspecified atom stereocenters. The van der Waals surface area contributed by atoms with Crippen molar-refractivity contribution in [1.82, 2.24) is 10.6 Å². The largest absolute Gasteiger partial charge is 0.481 e. The molecule has 9 heteroatoms. The number of amides is 2. The zero-order chi connectivity index (χ0) is 24.9. The van der Waals surface area contributed by atoms with E-state index < -0.39 is 33.4 Å². The minimum atomic E-state index is -1.03. The molecule has 0 bridgehead atoms. The lowest BCUT2D eigenvalue weighted by Gasteiger charge is -2.38.